The Kier molecular flexibility index (Phi) is 8.30. The summed E-state index contributed by atoms with van der Waals surface area (Å²) in [6.45, 7) is 8.62. The molecule has 0 radical (unpaired) electrons. The summed E-state index contributed by atoms with van der Waals surface area (Å²) in [6, 6.07) is 19.8. The van der Waals surface area contributed by atoms with Crippen molar-refractivity contribution in [2.45, 2.75) is 32.6 Å². The van der Waals surface area contributed by atoms with Crippen molar-refractivity contribution in [2.24, 2.45) is 0 Å². The van der Waals surface area contributed by atoms with Crippen LogP contribution in [0.2, 0.25) is 0 Å². The first-order valence-electron chi connectivity index (χ1n) is 13.6. The molecule has 1 aliphatic rings. The van der Waals surface area contributed by atoms with Crippen LogP contribution in [0.5, 0.6) is 11.5 Å². The zero-order chi connectivity index (χ0) is 28.8. The third kappa shape index (κ3) is 7.29. The Morgan fingerprint density at radius 2 is 1.56 bits per heavy atom. The van der Waals surface area contributed by atoms with Crippen LogP contribution in [0.15, 0.2) is 79.1 Å². The molecule has 0 spiro atoms. The number of amides is 3. The summed E-state index contributed by atoms with van der Waals surface area (Å²) in [5.41, 5.74) is 2.90. The van der Waals surface area contributed by atoms with E-state index < -0.39 is 6.03 Å². The van der Waals surface area contributed by atoms with E-state index in [1.165, 1.54) is 0 Å². The van der Waals surface area contributed by atoms with Gasteiger partial charge in [0.1, 0.15) is 17.3 Å². The van der Waals surface area contributed by atoms with Crippen LogP contribution >= 0.6 is 0 Å². The molecule has 10 heteroatoms. The fourth-order valence-electron chi connectivity index (χ4n) is 4.31. The number of urea groups is 1. The molecule has 2 aromatic heterocycles. The number of nitrogens with zero attached hydrogens (tertiary/aromatic N) is 4. The molecular formula is C31H34N6O4. The maximum absolute atomic E-state index is 13.0. The molecule has 1 fully saturated rings. The van der Waals surface area contributed by atoms with E-state index in [1.54, 1.807) is 53.5 Å². The Hall–Kier alpha value is -4.70. The van der Waals surface area contributed by atoms with Gasteiger partial charge in [0.25, 0.3) is 0 Å². The van der Waals surface area contributed by atoms with Crippen molar-refractivity contribution < 1.29 is 19.1 Å². The maximum Gasteiger partial charge on any atom is 0.324 e. The highest BCUT2D eigenvalue weighted by Crippen LogP contribution is 2.27. The number of hydrogen-bond donors (Lipinski definition) is 2. The number of benzene rings is 2. The molecule has 0 saturated carbocycles. The lowest BCUT2D eigenvalue weighted by molar-refractivity contribution is -0.134. The number of ether oxygens (including phenoxy) is 2. The lowest BCUT2D eigenvalue weighted by Gasteiger charge is -2.26. The van der Waals surface area contributed by atoms with Gasteiger partial charge in [-0.2, -0.15) is 5.10 Å². The summed E-state index contributed by atoms with van der Waals surface area (Å²) in [4.78, 5) is 31.4. The largest absolute Gasteiger partial charge is 0.457 e. The number of hydrogen-bond acceptors (Lipinski definition) is 6. The third-order valence-corrected chi connectivity index (χ3v) is 6.62. The van der Waals surface area contributed by atoms with E-state index in [0.717, 1.165) is 16.9 Å². The monoisotopic (exact) mass is 554 g/mol. The van der Waals surface area contributed by atoms with Gasteiger partial charge in [0, 0.05) is 42.7 Å². The topological polar surface area (TPSA) is 111 Å². The number of carbonyl (C=O) groups is 2. The van der Waals surface area contributed by atoms with Crippen molar-refractivity contribution in [3.8, 4) is 17.2 Å². The highest BCUT2D eigenvalue weighted by Gasteiger charge is 2.22. The molecule has 0 bridgehead atoms. The van der Waals surface area contributed by atoms with Crippen LogP contribution in [-0.4, -0.2) is 57.9 Å². The van der Waals surface area contributed by atoms with E-state index in [9.17, 15) is 9.59 Å². The zero-order valence-corrected chi connectivity index (χ0v) is 23.5. The number of nitrogens with one attached hydrogen (secondary N) is 2. The molecule has 0 unspecified atom stereocenters. The second-order valence-electron chi connectivity index (χ2n) is 10.8. The standard InChI is InChI=1S/C31H34N6O4/c1-31(2,3)27-21-28(34-30(39)33-23-6-10-25(11-7-23)41-26-12-14-32-15-13-26)37(35-27)24-8-4-22(5-9-24)20-29(38)36-16-18-40-19-17-36/h4-15,21H,16-20H2,1-3H3,(H2,33,34,39). The molecule has 4 aromatic rings. The van der Waals surface area contributed by atoms with Gasteiger partial charge >= 0.3 is 6.03 Å². The molecule has 0 aliphatic carbocycles. The van der Waals surface area contributed by atoms with Crippen molar-refractivity contribution in [3.63, 3.8) is 0 Å². The van der Waals surface area contributed by atoms with Crippen LogP contribution in [-0.2, 0) is 21.4 Å². The summed E-state index contributed by atoms with van der Waals surface area (Å²) in [5, 5.41) is 10.6. The zero-order valence-electron chi connectivity index (χ0n) is 23.5. The summed E-state index contributed by atoms with van der Waals surface area (Å²) >= 11 is 0. The van der Waals surface area contributed by atoms with E-state index in [-0.39, 0.29) is 11.3 Å². The van der Waals surface area contributed by atoms with Crippen molar-refractivity contribution in [2.75, 3.05) is 36.9 Å². The first kappa shape index (κ1) is 27.9. The minimum atomic E-state index is -0.401. The Morgan fingerprint density at radius 3 is 2.22 bits per heavy atom. The van der Waals surface area contributed by atoms with Crippen molar-refractivity contribution in [3.05, 3.63) is 90.4 Å². The van der Waals surface area contributed by atoms with Crippen molar-refractivity contribution in [1.82, 2.24) is 19.7 Å². The van der Waals surface area contributed by atoms with Gasteiger partial charge in [-0.1, -0.05) is 32.9 Å². The van der Waals surface area contributed by atoms with Gasteiger partial charge in [-0.05, 0) is 54.1 Å². The average Bonchev–Trinajstić information content (AvgIpc) is 3.40. The summed E-state index contributed by atoms with van der Waals surface area (Å²) in [7, 11) is 0. The van der Waals surface area contributed by atoms with Crippen molar-refractivity contribution >= 4 is 23.4 Å². The number of carbonyl (C=O) groups excluding carboxylic acids is 2. The third-order valence-electron chi connectivity index (χ3n) is 6.62. The number of aromatic nitrogens is 3. The fourth-order valence-corrected chi connectivity index (χ4v) is 4.31. The predicted molar refractivity (Wildman–Crippen MR) is 157 cm³/mol. The van der Waals surface area contributed by atoms with Crippen LogP contribution < -0.4 is 15.4 Å². The van der Waals surface area contributed by atoms with Gasteiger partial charge in [-0.3, -0.25) is 15.1 Å². The Morgan fingerprint density at radius 1 is 0.902 bits per heavy atom. The lowest BCUT2D eigenvalue weighted by Crippen LogP contribution is -2.41. The van der Waals surface area contributed by atoms with Gasteiger partial charge in [-0.25, -0.2) is 9.48 Å². The molecule has 0 atom stereocenters. The molecule has 2 aromatic carbocycles. The molecule has 212 valence electrons. The normalized spacial score (nSPS) is 13.5. The summed E-state index contributed by atoms with van der Waals surface area (Å²) in [5.74, 6) is 1.94. The highest BCUT2D eigenvalue weighted by molar-refractivity contribution is 5.99. The van der Waals surface area contributed by atoms with E-state index in [0.29, 0.717) is 55.7 Å². The van der Waals surface area contributed by atoms with Gasteiger partial charge in [-0.15, -0.1) is 0 Å². The van der Waals surface area contributed by atoms with Crippen LogP contribution in [0.3, 0.4) is 0 Å². The van der Waals surface area contributed by atoms with Crippen LogP contribution in [0.1, 0.15) is 32.0 Å². The first-order chi connectivity index (χ1) is 19.7. The fraction of sp³-hybridized carbons (Fsp3) is 0.290. The van der Waals surface area contributed by atoms with Crippen LogP contribution in [0.25, 0.3) is 5.69 Å². The minimum absolute atomic E-state index is 0.0890. The SMILES string of the molecule is CC(C)(C)c1cc(NC(=O)Nc2ccc(Oc3ccncc3)cc2)n(-c2ccc(CC(=O)N3CCOCC3)cc2)n1. The molecule has 3 amide bonds. The minimum Gasteiger partial charge on any atom is -0.457 e. The number of rotatable bonds is 7. The van der Waals surface area contributed by atoms with E-state index in [2.05, 4.69) is 36.4 Å². The van der Waals surface area contributed by atoms with Crippen LogP contribution in [0.4, 0.5) is 16.3 Å². The van der Waals surface area contributed by atoms with Crippen molar-refractivity contribution in [1.29, 1.82) is 0 Å². The highest BCUT2D eigenvalue weighted by atomic mass is 16.5. The lowest BCUT2D eigenvalue weighted by atomic mass is 9.92. The van der Waals surface area contributed by atoms with Crippen LogP contribution in [0, 0.1) is 0 Å². The second-order valence-corrected chi connectivity index (χ2v) is 10.8. The van der Waals surface area contributed by atoms with Gasteiger partial charge < -0.3 is 19.7 Å². The molecule has 41 heavy (non-hydrogen) atoms. The smallest absolute Gasteiger partial charge is 0.324 e. The molecule has 1 saturated heterocycles. The molecule has 3 heterocycles. The molecular weight excluding hydrogens is 520 g/mol. The Bertz CT molecular complexity index is 1470. The predicted octanol–water partition coefficient (Wildman–Crippen LogP) is 5.40. The Labute approximate surface area is 239 Å². The quantitative estimate of drug-likeness (QED) is 0.316. The van der Waals surface area contributed by atoms with E-state index >= 15 is 0 Å². The summed E-state index contributed by atoms with van der Waals surface area (Å²) in [6.07, 6.45) is 3.65. The van der Waals surface area contributed by atoms with Gasteiger partial charge in [0.05, 0.1) is 31.0 Å². The molecule has 2 N–H and O–H groups in total. The number of morpholine rings is 1. The molecule has 5 rings (SSSR count). The average molecular weight is 555 g/mol. The first-order valence-corrected chi connectivity index (χ1v) is 13.6. The number of anilines is 2. The van der Waals surface area contributed by atoms with Gasteiger partial charge in [0.2, 0.25) is 5.91 Å². The molecule has 10 nitrogen and oxygen atoms in total. The second kappa shape index (κ2) is 12.2. The summed E-state index contributed by atoms with van der Waals surface area (Å²) < 4.78 is 12.8. The number of pyridine rings is 1. The molecule has 1 aliphatic heterocycles. The van der Waals surface area contributed by atoms with E-state index in [4.69, 9.17) is 14.6 Å². The van der Waals surface area contributed by atoms with E-state index in [1.807, 2.05) is 35.2 Å². The Balaban J connectivity index is 1.27. The maximum atomic E-state index is 13.0. The van der Waals surface area contributed by atoms with Gasteiger partial charge in [0.15, 0.2) is 0 Å².